The number of aliphatic hydroxyl groups is 1. The van der Waals surface area contributed by atoms with E-state index in [1.807, 2.05) is 0 Å². The molecule has 2 fully saturated rings. The highest BCUT2D eigenvalue weighted by atomic mass is 16.5. The third-order valence-corrected chi connectivity index (χ3v) is 4.61. The zero-order valence-electron chi connectivity index (χ0n) is 10.9. The third kappa shape index (κ3) is 2.60. The van der Waals surface area contributed by atoms with Crippen molar-refractivity contribution in [2.24, 2.45) is 17.8 Å². The Hall–Kier alpha value is -0.0800. The van der Waals surface area contributed by atoms with E-state index in [1.165, 1.54) is 19.3 Å². The molecule has 6 atom stereocenters. The molecule has 0 spiro atoms. The Labute approximate surface area is 99.4 Å². The van der Waals surface area contributed by atoms with Crippen LogP contribution in [0.15, 0.2) is 0 Å². The van der Waals surface area contributed by atoms with Crippen molar-refractivity contribution in [3.63, 3.8) is 0 Å². The first-order chi connectivity index (χ1) is 7.65. The fourth-order valence-electron chi connectivity index (χ4n) is 3.15. The maximum absolute atomic E-state index is 10.1. The molecule has 0 saturated heterocycles. The summed E-state index contributed by atoms with van der Waals surface area (Å²) in [5.74, 6) is 2.18. The predicted molar refractivity (Wildman–Crippen MR) is 65.2 cm³/mol. The van der Waals surface area contributed by atoms with Crippen LogP contribution in [0.4, 0.5) is 0 Å². The lowest BCUT2D eigenvalue weighted by atomic mass is 9.74. The van der Waals surface area contributed by atoms with E-state index in [9.17, 15) is 5.11 Å². The Morgan fingerprint density at radius 3 is 2.06 bits per heavy atom. The summed E-state index contributed by atoms with van der Waals surface area (Å²) >= 11 is 0. The van der Waals surface area contributed by atoms with Gasteiger partial charge < -0.3 is 9.84 Å². The van der Waals surface area contributed by atoms with Crippen molar-refractivity contribution >= 4 is 0 Å². The van der Waals surface area contributed by atoms with E-state index in [-0.39, 0.29) is 12.2 Å². The first-order valence-corrected chi connectivity index (χ1v) is 6.99. The van der Waals surface area contributed by atoms with Crippen molar-refractivity contribution < 1.29 is 9.84 Å². The predicted octanol–water partition coefficient (Wildman–Crippen LogP) is 2.99. The molecule has 0 bridgehead atoms. The summed E-state index contributed by atoms with van der Waals surface area (Å²) in [6.45, 7) is 6.73. The molecule has 0 aliphatic heterocycles. The fraction of sp³-hybridized carbons (Fsp3) is 1.00. The van der Waals surface area contributed by atoms with Gasteiger partial charge in [-0.25, -0.2) is 0 Å². The molecule has 94 valence electrons. The standard InChI is InChI=1S/C14H26O2/c1-4-10-7-12(15)14(8-11(10)5-2)16-13-6-9(13)3/h9-15H,4-8H2,1-3H3. The van der Waals surface area contributed by atoms with Crippen molar-refractivity contribution in [1.29, 1.82) is 0 Å². The number of hydrogen-bond acceptors (Lipinski definition) is 2. The molecular formula is C14H26O2. The van der Waals surface area contributed by atoms with Crippen LogP contribution < -0.4 is 0 Å². The highest BCUT2D eigenvalue weighted by molar-refractivity contribution is 4.90. The normalized spacial score (nSPS) is 48.0. The zero-order chi connectivity index (χ0) is 11.7. The highest BCUT2D eigenvalue weighted by Gasteiger charge is 2.41. The third-order valence-electron chi connectivity index (χ3n) is 4.61. The molecule has 0 aromatic carbocycles. The molecule has 2 rings (SSSR count). The van der Waals surface area contributed by atoms with Crippen LogP contribution in [0.3, 0.4) is 0 Å². The lowest BCUT2D eigenvalue weighted by Crippen LogP contribution is -2.41. The molecule has 2 aliphatic rings. The van der Waals surface area contributed by atoms with Gasteiger partial charge in [0.25, 0.3) is 0 Å². The summed E-state index contributed by atoms with van der Waals surface area (Å²) in [7, 11) is 0. The van der Waals surface area contributed by atoms with Gasteiger partial charge in [-0.05, 0) is 37.0 Å². The van der Waals surface area contributed by atoms with Crippen LogP contribution in [0.1, 0.15) is 52.9 Å². The summed E-state index contributed by atoms with van der Waals surface area (Å²) in [6.07, 6.45) is 5.96. The molecular weight excluding hydrogens is 200 g/mol. The zero-order valence-corrected chi connectivity index (χ0v) is 10.9. The quantitative estimate of drug-likeness (QED) is 0.798. The second kappa shape index (κ2) is 5.05. The maximum Gasteiger partial charge on any atom is 0.0840 e. The maximum atomic E-state index is 10.1. The van der Waals surface area contributed by atoms with Crippen molar-refractivity contribution in [2.75, 3.05) is 0 Å². The Kier molecular flexibility index (Phi) is 3.91. The Bertz CT molecular complexity index is 229. The summed E-state index contributed by atoms with van der Waals surface area (Å²) in [5, 5.41) is 10.1. The van der Waals surface area contributed by atoms with E-state index < -0.39 is 0 Å². The molecule has 0 aromatic heterocycles. The Morgan fingerprint density at radius 1 is 1.00 bits per heavy atom. The summed E-state index contributed by atoms with van der Waals surface area (Å²) in [4.78, 5) is 0. The van der Waals surface area contributed by atoms with Crippen LogP contribution in [0.2, 0.25) is 0 Å². The minimum absolute atomic E-state index is 0.114. The van der Waals surface area contributed by atoms with E-state index in [4.69, 9.17) is 4.74 Å². The molecule has 16 heavy (non-hydrogen) atoms. The van der Waals surface area contributed by atoms with Crippen molar-refractivity contribution in [2.45, 2.75) is 71.2 Å². The van der Waals surface area contributed by atoms with E-state index in [0.29, 0.717) is 12.0 Å². The number of aliphatic hydroxyl groups excluding tert-OH is 1. The first kappa shape index (κ1) is 12.4. The molecule has 0 aromatic rings. The van der Waals surface area contributed by atoms with Crippen LogP contribution in [0, 0.1) is 17.8 Å². The lowest BCUT2D eigenvalue weighted by Gasteiger charge is -2.38. The number of ether oxygens (including phenoxy) is 1. The minimum Gasteiger partial charge on any atom is -0.390 e. The first-order valence-electron chi connectivity index (χ1n) is 6.99. The second-order valence-corrected chi connectivity index (χ2v) is 5.80. The van der Waals surface area contributed by atoms with Crippen LogP contribution in [0.25, 0.3) is 0 Å². The fourth-order valence-corrected chi connectivity index (χ4v) is 3.15. The number of rotatable bonds is 4. The van der Waals surface area contributed by atoms with Crippen LogP contribution >= 0.6 is 0 Å². The Morgan fingerprint density at radius 2 is 1.56 bits per heavy atom. The SMILES string of the molecule is CCC1CC(O)C(OC2CC2C)CC1CC. The summed E-state index contributed by atoms with van der Waals surface area (Å²) in [5.41, 5.74) is 0. The molecule has 2 nitrogen and oxygen atoms in total. The van der Waals surface area contributed by atoms with Gasteiger partial charge in [0.15, 0.2) is 0 Å². The molecule has 2 heteroatoms. The van der Waals surface area contributed by atoms with Crippen molar-refractivity contribution in [3.8, 4) is 0 Å². The Balaban J connectivity index is 1.88. The van der Waals surface area contributed by atoms with Gasteiger partial charge in [-0.2, -0.15) is 0 Å². The minimum atomic E-state index is -0.222. The summed E-state index contributed by atoms with van der Waals surface area (Å²) in [6, 6.07) is 0. The van der Waals surface area contributed by atoms with Crippen molar-refractivity contribution in [1.82, 2.24) is 0 Å². The topological polar surface area (TPSA) is 29.5 Å². The van der Waals surface area contributed by atoms with E-state index in [2.05, 4.69) is 20.8 Å². The molecule has 6 unspecified atom stereocenters. The molecule has 2 saturated carbocycles. The molecule has 0 amide bonds. The highest BCUT2D eigenvalue weighted by Crippen LogP contribution is 2.40. The van der Waals surface area contributed by atoms with Gasteiger partial charge in [0.1, 0.15) is 0 Å². The molecule has 0 radical (unpaired) electrons. The van der Waals surface area contributed by atoms with Gasteiger partial charge >= 0.3 is 0 Å². The van der Waals surface area contributed by atoms with Gasteiger partial charge in [-0.1, -0.05) is 33.6 Å². The van der Waals surface area contributed by atoms with Gasteiger partial charge in [0.2, 0.25) is 0 Å². The molecule has 2 aliphatic carbocycles. The van der Waals surface area contributed by atoms with Gasteiger partial charge in [0.05, 0.1) is 18.3 Å². The average Bonchev–Trinajstić information content (AvgIpc) is 2.96. The van der Waals surface area contributed by atoms with Gasteiger partial charge in [0, 0.05) is 0 Å². The van der Waals surface area contributed by atoms with Crippen LogP contribution in [-0.4, -0.2) is 23.4 Å². The van der Waals surface area contributed by atoms with Crippen LogP contribution in [-0.2, 0) is 4.74 Å². The van der Waals surface area contributed by atoms with E-state index in [0.717, 1.165) is 24.7 Å². The number of hydrogen-bond donors (Lipinski definition) is 1. The monoisotopic (exact) mass is 226 g/mol. The van der Waals surface area contributed by atoms with E-state index in [1.54, 1.807) is 0 Å². The molecule has 0 heterocycles. The lowest BCUT2D eigenvalue weighted by molar-refractivity contribution is -0.0970. The average molecular weight is 226 g/mol. The second-order valence-electron chi connectivity index (χ2n) is 5.80. The smallest absolute Gasteiger partial charge is 0.0840 e. The largest absolute Gasteiger partial charge is 0.390 e. The van der Waals surface area contributed by atoms with Crippen molar-refractivity contribution in [3.05, 3.63) is 0 Å². The van der Waals surface area contributed by atoms with Gasteiger partial charge in [-0.3, -0.25) is 0 Å². The summed E-state index contributed by atoms with van der Waals surface area (Å²) < 4.78 is 6.00. The van der Waals surface area contributed by atoms with Gasteiger partial charge in [-0.15, -0.1) is 0 Å². The van der Waals surface area contributed by atoms with E-state index >= 15 is 0 Å². The molecule has 1 N–H and O–H groups in total. The van der Waals surface area contributed by atoms with Crippen LogP contribution in [0.5, 0.6) is 0 Å².